The van der Waals surface area contributed by atoms with E-state index in [4.69, 9.17) is 4.74 Å². The van der Waals surface area contributed by atoms with Crippen LogP contribution in [0.4, 0.5) is 23.8 Å². The standard InChI is InChI=1S/C33H39F3N6O5S/c1-5-37-31(46)42-27-14-22(30-41-26(18-48-30)33(34,35)36)23(16-39-27)20-11-12-38-24(13-20)25(43)17-40-29(45)21(19-9-7-6-8-10-19)15-28(44)47-32(2,3)4/h11-14,16,18-19,21H,5-10,15,17H2,1-4H3,(H,40,45)(H2,37,39,42,46)/t21-/m0/s1. The molecule has 0 saturated heterocycles. The molecule has 1 fully saturated rings. The minimum Gasteiger partial charge on any atom is -0.460 e. The Morgan fingerprint density at radius 2 is 1.75 bits per heavy atom. The van der Waals surface area contributed by atoms with Crippen molar-refractivity contribution in [2.45, 2.75) is 78.0 Å². The molecule has 1 saturated carbocycles. The number of nitrogens with zero attached hydrogens (tertiary/aromatic N) is 3. The molecular formula is C33H39F3N6O5S. The molecule has 3 N–H and O–H groups in total. The fourth-order valence-corrected chi connectivity index (χ4v) is 6.35. The van der Waals surface area contributed by atoms with Crippen LogP contribution in [0.15, 0.2) is 36.0 Å². The number of Topliss-reactive ketones (excluding diaryl/α,β-unsaturated/α-hetero) is 1. The number of hydrogen-bond acceptors (Lipinski definition) is 9. The Labute approximate surface area is 280 Å². The summed E-state index contributed by atoms with van der Waals surface area (Å²) in [5, 5.41) is 8.70. The molecule has 1 aliphatic rings. The molecule has 0 unspecified atom stereocenters. The Morgan fingerprint density at radius 3 is 2.40 bits per heavy atom. The van der Waals surface area contributed by atoms with Gasteiger partial charge in [0, 0.05) is 35.4 Å². The number of amides is 3. The number of ketones is 1. The highest BCUT2D eigenvalue weighted by Crippen LogP contribution is 2.38. The summed E-state index contributed by atoms with van der Waals surface area (Å²) < 4.78 is 45.7. The summed E-state index contributed by atoms with van der Waals surface area (Å²) >= 11 is 0.769. The molecule has 3 heterocycles. The predicted octanol–water partition coefficient (Wildman–Crippen LogP) is 6.65. The number of carbonyl (C=O) groups excluding carboxylic acids is 4. The number of rotatable bonds is 11. The largest absolute Gasteiger partial charge is 0.460 e. The van der Waals surface area contributed by atoms with E-state index in [9.17, 15) is 32.3 Å². The first-order valence-electron chi connectivity index (χ1n) is 15.7. The number of esters is 1. The highest BCUT2D eigenvalue weighted by atomic mass is 32.1. The molecule has 258 valence electrons. The van der Waals surface area contributed by atoms with Crippen LogP contribution in [0.2, 0.25) is 0 Å². The van der Waals surface area contributed by atoms with E-state index in [1.54, 1.807) is 33.8 Å². The summed E-state index contributed by atoms with van der Waals surface area (Å²) in [6.07, 6.45) is 2.55. The van der Waals surface area contributed by atoms with Gasteiger partial charge >= 0.3 is 18.2 Å². The molecule has 0 radical (unpaired) electrons. The van der Waals surface area contributed by atoms with Gasteiger partial charge in [0.05, 0.1) is 18.9 Å². The Bertz CT molecular complexity index is 1630. The van der Waals surface area contributed by atoms with E-state index in [1.807, 2.05) is 0 Å². The second-order valence-corrected chi connectivity index (χ2v) is 13.4. The molecule has 3 amide bonds. The molecule has 15 heteroatoms. The molecule has 0 spiro atoms. The van der Waals surface area contributed by atoms with Crippen molar-refractivity contribution < 1.29 is 37.1 Å². The normalized spacial score (nSPS) is 14.6. The number of ether oxygens (including phenoxy) is 1. The molecule has 3 aromatic heterocycles. The molecule has 0 aliphatic heterocycles. The van der Waals surface area contributed by atoms with E-state index < -0.39 is 47.1 Å². The van der Waals surface area contributed by atoms with Crippen molar-refractivity contribution in [2.24, 2.45) is 11.8 Å². The van der Waals surface area contributed by atoms with Gasteiger partial charge in [-0.15, -0.1) is 11.3 Å². The number of thiazole rings is 1. The Balaban J connectivity index is 1.56. The van der Waals surface area contributed by atoms with Crippen molar-refractivity contribution in [3.05, 3.63) is 47.4 Å². The number of halogens is 3. The van der Waals surface area contributed by atoms with Crippen LogP contribution in [-0.4, -0.2) is 57.3 Å². The number of hydrogen-bond donors (Lipinski definition) is 3. The highest BCUT2D eigenvalue weighted by Gasteiger charge is 2.35. The van der Waals surface area contributed by atoms with E-state index in [2.05, 4.69) is 30.9 Å². The van der Waals surface area contributed by atoms with Gasteiger partial charge in [0.25, 0.3) is 0 Å². The first kappa shape index (κ1) is 36.4. The van der Waals surface area contributed by atoms with E-state index in [1.165, 1.54) is 24.5 Å². The van der Waals surface area contributed by atoms with Gasteiger partial charge in [-0.3, -0.25) is 24.7 Å². The second kappa shape index (κ2) is 15.7. The maximum atomic E-state index is 13.4. The highest BCUT2D eigenvalue weighted by molar-refractivity contribution is 7.13. The van der Waals surface area contributed by atoms with Crippen molar-refractivity contribution in [2.75, 3.05) is 18.4 Å². The van der Waals surface area contributed by atoms with Crippen LogP contribution in [0.1, 0.15) is 82.4 Å². The molecule has 0 bridgehead atoms. The molecule has 3 aromatic rings. The Kier molecular flexibility index (Phi) is 11.9. The molecule has 4 rings (SSSR count). The lowest BCUT2D eigenvalue weighted by molar-refractivity contribution is -0.158. The van der Waals surface area contributed by atoms with E-state index in [-0.39, 0.29) is 41.0 Å². The maximum absolute atomic E-state index is 13.4. The number of carbonyl (C=O) groups is 4. The fraction of sp³-hybridized carbons (Fsp3) is 0.485. The Hall–Kier alpha value is -4.40. The third kappa shape index (κ3) is 10.1. The van der Waals surface area contributed by atoms with Crippen LogP contribution >= 0.6 is 11.3 Å². The lowest BCUT2D eigenvalue weighted by atomic mass is 9.78. The van der Waals surface area contributed by atoms with Gasteiger partial charge in [-0.05, 0) is 70.2 Å². The second-order valence-electron chi connectivity index (χ2n) is 12.5. The van der Waals surface area contributed by atoms with Crippen LogP contribution in [-0.2, 0) is 20.5 Å². The SMILES string of the molecule is CCNC(=O)Nc1cc(-c2nc(C(F)(F)F)cs2)c(-c2ccnc(C(=O)CNC(=O)[C@@H](CC(=O)OC(C)(C)C)C3CCCCC3)c2)cn1. The van der Waals surface area contributed by atoms with Crippen LogP contribution < -0.4 is 16.0 Å². The molecule has 11 nitrogen and oxygen atoms in total. The summed E-state index contributed by atoms with van der Waals surface area (Å²) in [7, 11) is 0. The summed E-state index contributed by atoms with van der Waals surface area (Å²) in [6, 6.07) is 3.87. The smallest absolute Gasteiger partial charge is 0.434 e. The molecular weight excluding hydrogens is 649 g/mol. The molecule has 0 aromatic carbocycles. The average molecular weight is 689 g/mol. The third-order valence-corrected chi connectivity index (χ3v) is 8.53. The number of anilines is 1. The minimum absolute atomic E-state index is 0.000229. The van der Waals surface area contributed by atoms with Gasteiger partial charge in [-0.1, -0.05) is 19.3 Å². The first-order chi connectivity index (χ1) is 22.6. The summed E-state index contributed by atoms with van der Waals surface area (Å²) in [5.41, 5.74) is -0.779. The van der Waals surface area contributed by atoms with Gasteiger partial charge in [0.15, 0.2) is 11.5 Å². The van der Waals surface area contributed by atoms with E-state index in [0.29, 0.717) is 17.7 Å². The number of pyridine rings is 2. The van der Waals surface area contributed by atoms with Crippen molar-refractivity contribution in [1.82, 2.24) is 25.6 Å². The minimum atomic E-state index is -4.66. The van der Waals surface area contributed by atoms with Crippen molar-refractivity contribution in [3.63, 3.8) is 0 Å². The maximum Gasteiger partial charge on any atom is 0.434 e. The predicted molar refractivity (Wildman–Crippen MR) is 174 cm³/mol. The average Bonchev–Trinajstić information content (AvgIpc) is 3.53. The van der Waals surface area contributed by atoms with Crippen molar-refractivity contribution in [3.8, 4) is 21.7 Å². The number of alkyl halides is 3. The van der Waals surface area contributed by atoms with Gasteiger partial charge in [-0.2, -0.15) is 13.2 Å². The van der Waals surface area contributed by atoms with Crippen LogP contribution in [0.25, 0.3) is 21.7 Å². The van der Waals surface area contributed by atoms with E-state index >= 15 is 0 Å². The van der Waals surface area contributed by atoms with Crippen LogP contribution in [0, 0.1) is 11.8 Å². The van der Waals surface area contributed by atoms with Crippen LogP contribution in [0.3, 0.4) is 0 Å². The van der Waals surface area contributed by atoms with Gasteiger partial charge in [0.2, 0.25) is 5.91 Å². The van der Waals surface area contributed by atoms with E-state index in [0.717, 1.165) is 48.8 Å². The third-order valence-electron chi connectivity index (χ3n) is 7.65. The lowest BCUT2D eigenvalue weighted by Crippen LogP contribution is -2.40. The zero-order chi connectivity index (χ0) is 35.1. The molecule has 48 heavy (non-hydrogen) atoms. The van der Waals surface area contributed by atoms with Crippen molar-refractivity contribution in [1.29, 1.82) is 0 Å². The Morgan fingerprint density at radius 1 is 1.02 bits per heavy atom. The number of nitrogens with one attached hydrogen (secondary N) is 3. The van der Waals surface area contributed by atoms with Crippen molar-refractivity contribution >= 4 is 40.8 Å². The monoisotopic (exact) mass is 688 g/mol. The first-order valence-corrected chi connectivity index (χ1v) is 16.6. The lowest BCUT2D eigenvalue weighted by Gasteiger charge is -2.30. The quantitative estimate of drug-likeness (QED) is 0.150. The fourth-order valence-electron chi connectivity index (χ4n) is 5.49. The van der Waals surface area contributed by atoms with Gasteiger partial charge in [0.1, 0.15) is 22.1 Å². The topological polar surface area (TPSA) is 152 Å². The van der Waals surface area contributed by atoms with Gasteiger partial charge in [-0.25, -0.2) is 14.8 Å². The molecule has 1 aliphatic carbocycles. The zero-order valence-electron chi connectivity index (χ0n) is 27.2. The van der Waals surface area contributed by atoms with Gasteiger partial charge < -0.3 is 15.4 Å². The number of urea groups is 1. The van der Waals surface area contributed by atoms with Crippen LogP contribution in [0.5, 0.6) is 0 Å². The summed E-state index contributed by atoms with van der Waals surface area (Å²) in [4.78, 5) is 63.6. The zero-order valence-corrected chi connectivity index (χ0v) is 28.0. The summed E-state index contributed by atoms with van der Waals surface area (Å²) in [5.74, 6) is -1.98. The number of aromatic nitrogens is 3. The molecule has 1 atom stereocenters. The summed E-state index contributed by atoms with van der Waals surface area (Å²) in [6.45, 7) is 6.96.